The second-order valence-corrected chi connectivity index (χ2v) is 6.34. The Kier molecular flexibility index (Phi) is 5.51. The molecular weight excluding hydrogens is 336 g/mol. The summed E-state index contributed by atoms with van der Waals surface area (Å²) in [5, 5.41) is 0.590. The Morgan fingerprint density at radius 2 is 1.88 bits per heavy atom. The van der Waals surface area contributed by atoms with E-state index in [1.165, 1.54) is 5.56 Å². The van der Waals surface area contributed by atoms with Crippen molar-refractivity contribution in [3.63, 3.8) is 0 Å². The van der Waals surface area contributed by atoms with E-state index in [-0.39, 0.29) is 12.1 Å². The molecule has 3 aromatic rings. The molecule has 0 saturated heterocycles. The topological polar surface area (TPSA) is 44.1 Å². The van der Waals surface area contributed by atoms with Gasteiger partial charge >= 0.3 is 5.97 Å². The van der Waals surface area contributed by atoms with E-state index in [1.807, 2.05) is 42.0 Å². The van der Waals surface area contributed by atoms with Crippen molar-refractivity contribution in [3.05, 3.63) is 89.0 Å². The van der Waals surface area contributed by atoms with Crippen LogP contribution in [0.15, 0.2) is 67.3 Å². The summed E-state index contributed by atoms with van der Waals surface area (Å²) < 4.78 is 7.75. The Bertz CT molecular complexity index is 812. The van der Waals surface area contributed by atoms with E-state index in [1.54, 1.807) is 36.8 Å². The molecule has 2 aromatic carbocycles. The van der Waals surface area contributed by atoms with Crippen LogP contribution in [0.25, 0.3) is 0 Å². The highest BCUT2D eigenvalue weighted by atomic mass is 35.5. The van der Waals surface area contributed by atoms with Gasteiger partial charge in [-0.15, -0.1) is 0 Å². The summed E-state index contributed by atoms with van der Waals surface area (Å²) >= 11 is 5.88. The number of nitrogens with zero attached hydrogens (tertiary/aromatic N) is 2. The summed E-state index contributed by atoms with van der Waals surface area (Å²) in [6, 6.07) is 14.8. The zero-order chi connectivity index (χ0) is 17.6. The van der Waals surface area contributed by atoms with E-state index < -0.39 is 0 Å². The third-order valence-electron chi connectivity index (χ3n) is 3.99. The first kappa shape index (κ1) is 17.2. The lowest BCUT2D eigenvalue weighted by Gasteiger charge is -2.19. The minimum absolute atomic E-state index is 0.328. The fourth-order valence-electron chi connectivity index (χ4n) is 2.54. The fourth-order valence-corrected chi connectivity index (χ4v) is 2.67. The molecule has 0 amide bonds. The van der Waals surface area contributed by atoms with Crippen LogP contribution in [0.2, 0.25) is 5.02 Å². The number of ether oxygens (including phenoxy) is 1. The van der Waals surface area contributed by atoms with Crippen molar-refractivity contribution in [3.8, 4) is 0 Å². The molecule has 1 unspecified atom stereocenters. The first-order chi connectivity index (χ1) is 12.1. The van der Waals surface area contributed by atoms with Gasteiger partial charge in [0.25, 0.3) is 0 Å². The second kappa shape index (κ2) is 7.99. The number of aromatic nitrogens is 2. The van der Waals surface area contributed by atoms with E-state index >= 15 is 0 Å². The van der Waals surface area contributed by atoms with Gasteiger partial charge in [0.15, 0.2) is 0 Å². The Morgan fingerprint density at radius 1 is 1.16 bits per heavy atom. The number of rotatable bonds is 6. The van der Waals surface area contributed by atoms with E-state index in [0.29, 0.717) is 23.6 Å². The van der Waals surface area contributed by atoms with Crippen LogP contribution >= 0.6 is 11.6 Å². The molecule has 0 aliphatic carbocycles. The van der Waals surface area contributed by atoms with Crippen molar-refractivity contribution >= 4 is 17.6 Å². The molecule has 25 heavy (non-hydrogen) atoms. The number of carbonyl (C=O) groups excluding carboxylic acids is 1. The third kappa shape index (κ3) is 4.70. The van der Waals surface area contributed by atoms with Crippen molar-refractivity contribution in [1.82, 2.24) is 9.55 Å². The number of benzene rings is 2. The van der Waals surface area contributed by atoms with Crippen LogP contribution in [0.1, 0.15) is 34.0 Å². The average molecular weight is 355 g/mol. The Morgan fingerprint density at radius 3 is 2.52 bits per heavy atom. The van der Waals surface area contributed by atoms with Crippen LogP contribution in [-0.2, 0) is 11.3 Å². The van der Waals surface area contributed by atoms with Gasteiger partial charge in [-0.1, -0.05) is 41.4 Å². The molecule has 0 spiro atoms. The maximum atomic E-state index is 12.5. The average Bonchev–Trinajstić information content (AvgIpc) is 3.13. The standard InChI is InChI=1S/C20H19ClN2O2/c1-15-2-4-16(5-3-15)19(10-12-23-13-11-22-14-23)25-20(24)17-6-8-18(21)9-7-17/h2-9,11,13-14,19H,10,12H2,1H3. The number of imidazole rings is 1. The smallest absolute Gasteiger partial charge is 0.338 e. The molecule has 4 nitrogen and oxygen atoms in total. The molecule has 1 aromatic heterocycles. The fraction of sp³-hybridized carbons (Fsp3) is 0.200. The number of hydrogen-bond acceptors (Lipinski definition) is 3. The van der Waals surface area contributed by atoms with Gasteiger partial charge in [-0.25, -0.2) is 9.78 Å². The molecule has 0 N–H and O–H groups in total. The largest absolute Gasteiger partial charge is 0.454 e. The number of esters is 1. The molecule has 0 saturated carbocycles. The predicted octanol–water partition coefficient (Wildman–Crippen LogP) is 4.83. The Hall–Kier alpha value is -2.59. The second-order valence-electron chi connectivity index (χ2n) is 5.90. The lowest BCUT2D eigenvalue weighted by molar-refractivity contribution is 0.0266. The van der Waals surface area contributed by atoms with Crippen molar-refractivity contribution in [2.45, 2.75) is 26.0 Å². The van der Waals surface area contributed by atoms with Crippen LogP contribution in [0.3, 0.4) is 0 Å². The SMILES string of the molecule is Cc1ccc(C(CCn2ccnc2)OC(=O)c2ccc(Cl)cc2)cc1. The first-order valence-electron chi connectivity index (χ1n) is 8.10. The van der Waals surface area contributed by atoms with E-state index in [2.05, 4.69) is 4.98 Å². The summed E-state index contributed by atoms with van der Waals surface area (Å²) in [5.41, 5.74) is 2.64. The van der Waals surface area contributed by atoms with Gasteiger partial charge in [-0.2, -0.15) is 0 Å². The summed E-state index contributed by atoms with van der Waals surface area (Å²) in [4.78, 5) is 16.5. The van der Waals surface area contributed by atoms with Gasteiger partial charge in [-0.3, -0.25) is 0 Å². The van der Waals surface area contributed by atoms with Crippen molar-refractivity contribution in [1.29, 1.82) is 0 Å². The molecule has 3 rings (SSSR count). The molecule has 0 aliphatic rings. The van der Waals surface area contributed by atoms with Crippen LogP contribution in [-0.4, -0.2) is 15.5 Å². The number of halogens is 1. The number of hydrogen-bond donors (Lipinski definition) is 0. The zero-order valence-electron chi connectivity index (χ0n) is 13.9. The van der Waals surface area contributed by atoms with Crippen LogP contribution in [0.4, 0.5) is 0 Å². The van der Waals surface area contributed by atoms with E-state index in [0.717, 1.165) is 5.56 Å². The molecule has 128 valence electrons. The number of aryl methyl sites for hydroxylation is 2. The molecule has 1 atom stereocenters. The van der Waals surface area contributed by atoms with Crippen LogP contribution < -0.4 is 0 Å². The normalized spacial score (nSPS) is 11.9. The quantitative estimate of drug-likeness (QED) is 0.595. The van der Waals surface area contributed by atoms with Crippen LogP contribution in [0.5, 0.6) is 0 Å². The molecule has 5 heteroatoms. The van der Waals surface area contributed by atoms with Crippen molar-refractivity contribution in [2.75, 3.05) is 0 Å². The predicted molar refractivity (Wildman–Crippen MR) is 97.6 cm³/mol. The van der Waals surface area contributed by atoms with Crippen molar-refractivity contribution < 1.29 is 9.53 Å². The van der Waals surface area contributed by atoms with Gasteiger partial charge < -0.3 is 9.30 Å². The minimum atomic E-state index is -0.354. The first-order valence-corrected chi connectivity index (χ1v) is 8.48. The molecule has 0 bridgehead atoms. The van der Waals surface area contributed by atoms with Gasteiger partial charge in [0.2, 0.25) is 0 Å². The highest BCUT2D eigenvalue weighted by Crippen LogP contribution is 2.24. The summed E-state index contributed by atoms with van der Waals surface area (Å²) in [7, 11) is 0. The third-order valence-corrected chi connectivity index (χ3v) is 4.24. The lowest BCUT2D eigenvalue weighted by atomic mass is 10.0. The highest BCUT2D eigenvalue weighted by molar-refractivity contribution is 6.30. The van der Waals surface area contributed by atoms with Gasteiger partial charge in [0.1, 0.15) is 6.10 Å². The van der Waals surface area contributed by atoms with E-state index in [9.17, 15) is 4.79 Å². The molecule has 0 radical (unpaired) electrons. The molecular formula is C20H19ClN2O2. The zero-order valence-corrected chi connectivity index (χ0v) is 14.7. The van der Waals surface area contributed by atoms with E-state index in [4.69, 9.17) is 16.3 Å². The number of carbonyl (C=O) groups is 1. The monoisotopic (exact) mass is 354 g/mol. The van der Waals surface area contributed by atoms with Gasteiger partial charge in [-0.05, 0) is 36.8 Å². The highest BCUT2D eigenvalue weighted by Gasteiger charge is 2.18. The maximum absolute atomic E-state index is 12.5. The Balaban J connectivity index is 1.76. The molecule has 0 fully saturated rings. The minimum Gasteiger partial charge on any atom is -0.454 e. The molecule has 0 aliphatic heterocycles. The van der Waals surface area contributed by atoms with Crippen LogP contribution in [0, 0.1) is 6.92 Å². The summed E-state index contributed by atoms with van der Waals surface area (Å²) in [6.07, 6.45) is 5.73. The van der Waals surface area contributed by atoms with Crippen molar-refractivity contribution in [2.24, 2.45) is 0 Å². The molecule has 1 heterocycles. The van der Waals surface area contributed by atoms with Gasteiger partial charge in [0.05, 0.1) is 11.9 Å². The summed E-state index contributed by atoms with van der Waals surface area (Å²) in [6.45, 7) is 2.75. The van der Waals surface area contributed by atoms with Gasteiger partial charge in [0, 0.05) is 30.4 Å². The maximum Gasteiger partial charge on any atom is 0.338 e. The summed E-state index contributed by atoms with van der Waals surface area (Å²) in [5.74, 6) is -0.354. The lowest BCUT2D eigenvalue weighted by Crippen LogP contribution is -2.14. The Labute approximate surface area is 152 Å².